The van der Waals surface area contributed by atoms with Crippen LogP contribution >= 0.6 is 22.9 Å². The lowest BCUT2D eigenvalue weighted by Crippen LogP contribution is -2.39. The van der Waals surface area contributed by atoms with Crippen molar-refractivity contribution >= 4 is 22.9 Å². The lowest BCUT2D eigenvalue weighted by atomic mass is 10.1. The minimum atomic E-state index is -0.215. The summed E-state index contributed by atoms with van der Waals surface area (Å²) in [6.45, 7) is 2.81. The number of aromatic amines is 1. The third-order valence-corrected chi connectivity index (χ3v) is 5.55. The Bertz CT molecular complexity index is 848. The third kappa shape index (κ3) is 3.77. The number of aromatic nitrogens is 2. The summed E-state index contributed by atoms with van der Waals surface area (Å²) in [6.07, 6.45) is 1.84. The van der Waals surface area contributed by atoms with Crippen LogP contribution in [0.1, 0.15) is 17.4 Å². The summed E-state index contributed by atoms with van der Waals surface area (Å²) in [4.78, 5) is 11.3. The number of nitrogens with one attached hydrogen (secondary N) is 1. The number of imidazole rings is 1. The van der Waals surface area contributed by atoms with Gasteiger partial charge in [-0.25, -0.2) is 9.37 Å². The molecule has 1 aliphatic rings. The molecule has 0 saturated carbocycles. The van der Waals surface area contributed by atoms with Gasteiger partial charge >= 0.3 is 0 Å². The molecule has 0 spiro atoms. The first-order valence-electron chi connectivity index (χ1n) is 8.06. The molecule has 1 unspecified atom stereocenters. The number of hydrogen-bond acceptors (Lipinski definition) is 4. The van der Waals surface area contributed by atoms with E-state index in [2.05, 4.69) is 14.9 Å². The van der Waals surface area contributed by atoms with Gasteiger partial charge in [0.1, 0.15) is 11.6 Å². The fourth-order valence-electron chi connectivity index (χ4n) is 2.99. The summed E-state index contributed by atoms with van der Waals surface area (Å²) in [5.74, 6) is 0.661. The zero-order chi connectivity index (χ0) is 17.2. The first kappa shape index (κ1) is 16.7. The van der Waals surface area contributed by atoms with Crippen molar-refractivity contribution < 1.29 is 9.13 Å². The molecular formula is C18H17ClFN3OS. The van der Waals surface area contributed by atoms with Crippen molar-refractivity contribution in [2.75, 3.05) is 19.8 Å². The maximum atomic E-state index is 13.1. The molecule has 2 aromatic heterocycles. The predicted molar refractivity (Wildman–Crippen MR) is 97.3 cm³/mol. The Morgan fingerprint density at radius 3 is 2.88 bits per heavy atom. The van der Waals surface area contributed by atoms with Gasteiger partial charge in [0.15, 0.2) is 0 Å². The molecule has 130 valence electrons. The molecule has 1 fully saturated rings. The number of H-pyrrole nitrogens is 1. The maximum absolute atomic E-state index is 13.1. The first-order chi connectivity index (χ1) is 12.2. The van der Waals surface area contributed by atoms with Gasteiger partial charge in [0, 0.05) is 13.1 Å². The number of morpholine rings is 1. The Morgan fingerprint density at radius 1 is 1.28 bits per heavy atom. The van der Waals surface area contributed by atoms with E-state index in [1.54, 1.807) is 0 Å². The Balaban J connectivity index is 1.54. The molecule has 0 radical (unpaired) electrons. The van der Waals surface area contributed by atoms with Gasteiger partial charge in [-0.15, -0.1) is 11.3 Å². The molecule has 3 heterocycles. The van der Waals surface area contributed by atoms with Crippen molar-refractivity contribution in [3.05, 3.63) is 64.1 Å². The van der Waals surface area contributed by atoms with Gasteiger partial charge in [-0.1, -0.05) is 23.7 Å². The third-order valence-electron chi connectivity index (χ3n) is 4.29. The molecule has 1 aliphatic heterocycles. The molecule has 1 N–H and O–H groups in total. The van der Waals surface area contributed by atoms with Gasteiger partial charge in [-0.2, -0.15) is 0 Å². The van der Waals surface area contributed by atoms with Crippen LogP contribution in [0.3, 0.4) is 0 Å². The van der Waals surface area contributed by atoms with Crippen LogP contribution in [0.25, 0.3) is 10.6 Å². The summed E-state index contributed by atoms with van der Waals surface area (Å²) in [7, 11) is 0. The Hall–Kier alpha value is -1.73. The minimum Gasteiger partial charge on any atom is -0.378 e. The van der Waals surface area contributed by atoms with E-state index in [1.807, 2.05) is 30.5 Å². The SMILES string of the molecule is Fc1ccc(CN2CCOCC2c2ncc(-c3ccc(Cl)s3)[nH]2)cc1. The van der Waals surface area contributed by atoms with Crippen molar-refractivity contribution in [2.24, 2.45) is 0 Å². The zero-order valence-electron chi connectivity index (χ0n) is 13.4. The number of hydrogen-bond donors (Lipinski definition) is 1. The van der Waals surface area contributed by atoms with Crippen LogP contribution < -0.4 is 0 Å². The highest BCUT2D eigenvalue weighted by atomic mass is 35.5. The monoisotopic (exact) mass is 377 g/mol. The number of halogens is 2. The second-order valence-corrected chi connectivity index (χ2v) is 7.69. The Labute approximate surface area is 154 Å². The minimum absolute atomic E-state index is 0.0444. The second-order valence-electron chi connectivity index (χ2n) is 5.97. The smallest absolute Gasteiger partial charge is 0.126 e. The zero-order valence-corrected chi connectivity index (χ0v) is 15.0. The van der Waals surface area contributed by atoms with E-state index >= 15 is 0 Å². The highest BCUT2D eigenvalue weighted by Crippen LogP contribution is 2.31. The van der Waals surface area contributed by atoms with Gasteiger partial charge in [0.25, 0.3) is 0 Å². The van der Waals surface area contributed by atoms with Crippen LogP contribution in [0.2, 0.25) is 4.34 Å². The summed E-state index contributed by atoms with van der Waals surface area (Å²) < 4.78 is 19.5. The Kier molecular flexibility index (Phi) is 4.85. The lowest BCUT2D eigenvalue weighted by Gasteiger charge is -2.34. The summed E-state index contributed by atoms with van der Waals surface area (Å²) >= 11 is 7.54. The van der Waals surface area contributed by atoms with E-state index < -0.39 is 0 Å². The normalized spacial score (nSPS) is 18.6. The standard InChI is InChI=1S/C18H17ClFN3OS/c19-17-6-5-16(25-17)14-9-21-18(22-14)15-11-24-8-7-23(15)10-12-1-3-13(20)4-2-12/h1-6,9,15H,7-8,10-11H2,(H,21,22). The van der Waals surface area contributed by atoms with E-state index in [4.69, 9.17) is 16.3 Å². The molecule has 4 nitrogen and oxygen atoms in total. The molecule has 1 atom stereocenters. The lowest BCUT2D eigenvalue weighted by molar-refractivity contribution is -0.0156. The van der Waals surface area contributed by atoms with Crippen LogP contribution in [0.5, 0.6) is 0 Å². The molecule has 1 aromatic carbocycles. The molecule has 7 heteroatoms. The van der Waals surface area contributed by atoms with Crippen LogP contribution in [0.4, 0.5) is 4.39 Å². The topological polar surface area (TPSA) is 41.1 Å². The summed E-state index contributed by atoms with van der Waals surface area (Å²) in [6, 6.07) is 10.5. The second kappa shape index (κ2) is 7.25. The highest BCUT2D eigenvalue weighted by Gasteiger charge is 2.27. The number of nitrogens with zero attached hydrogens (tertiary/aromatic N) is 2. The Morgan fingerprint density at radius 2 is 2.12 bits per heavy atom. The van der Waals surface area contributed by atoms with Gasteiger partial charge in [0.05, 0.1) is 40.4 Å². The van der Waals surface area contributed by atoms with Crippen LogP contribution in [-0.4, -0.2) is 34.6 Å². The summed E-state index contributed by atoms with van der Waals surface area (Å²) in [5, 5.41) is 0. The van der Waals surface area contributed by atoms with Crippen molar-refractivity contribution in [1.82, 2.24) is 14.9 Å². The van der Waals surface area contributed by atoms with Gasteiger partial charge < -0.3 is 9.72 Å². The number of benzene rings is 1. The van der Waals surface area contributed by atoms with E-state index in [9.17, 15) is 4.39 Å². The van der Waals surface area contributed by atoms with E-state index in [0.29, 0.717) is 13.2 Å². The van der Waals surface area contributed by atoms with E-state index in [0.717, 1.165) is 39.4 Å². The molecule has 0 bridgehead atoms. The average molecular weight is 378 g/mol. The molecule has 3 aromatic rings. The van der Waals surface area contributed by atoms with Crippen LogP contribution in [-0.2, 0) is 11.3 Å². The predicted octanol–water partition coefficient (Wildman–Crippen LogP) is 4.50. The molecular weight excluding hydrogens is 361 g/mol. The van der Waals surface area contributed by atoms with Crippen molar-refractivity contribution in [2.45, 2.75) is 12.6 Å². The molecule has 1 saturated heterocycles. The van der Waals surface area contributed by atoms with Crippen molar-refractivity contribution in [3.63, 3.8) is 0 Å². The molecule has 0 aliphatic carbocycles. The maximum Gasteiger partial charge on any atom is 0.126 e. The number of rotatable bonds is 4. The van der Waals surface area contributed by atoms with Crippen LogP contribution in [0.15, 0.2) is 42.6 Å². The largest absolute Gasteiger partial charge is 0.378 e. The summed E-state index contributed by atoms with van der Waals surface area (Å²) in [5.41, 5.74) is 2.03. The first-order valence-corrected chi connectivity index (χ1v) is 9.25. The van der Waals surface area contributed by atoms with E-state index in [-0.39, 0.29) is 11.9 Å². The van der Waals surface area contributed by atoms with Gasteiger partial charge in [0.2, 0.25) is 0 Å². The molecule has 4 rings (SSSR count). The average Bonchev–Trinajstić information content (AvgIpc) is 3.26. The quantitative estimate of drug-likeness (QED) is 0.727. The number of ether oxygens (including phenoxy) is 1. The van der Waals surface area contributed by atoms with Crippen molar-refractivity contribution in [3.8, 4) is 10.6 Å². The van der Waals surface area contributed by atoms with Crippen LogP contribution in [0, 0.1) is 5.82 Å². The van der Waals surface area contributed by atoms with Crippen molar-refractivity contribution in [1.29, 1.82) is 0 Å². The van der Waals surface area contributed by atoms with Gasteiger partial charge in [-0.3, -0.25) is 4.90 Å². The molecule has 0 amide bonds. The fourth-order valence-corrected chi connectivity index (χ4v) is 4.00. The highest BCUT2D eigenvalue weighted by molar-refractivity contribution is 7.19. The number of thiophene rings is 1. The molecule has 25 heavy (non-hydrogen) atoms. The fraction of sp³-hybridized carbons (Fsp3) is 0.278. The van der Waals surface area contributed by atoms with Gasteiger partial charge in [-0.05, 0) is 29.8 Å². The van der Waals surface area contributed by atoms with E-state index in [1.165, 1.54) is 23.5 Å².